The molecule has 0 aliphatic heterocycles. The third-order valence-corrected chi connectivity index (χ3v) is 3.56. The van der Waals surface area contributed by atoms with Gasteiger partial charge in [0.25, 0.3) is 0 Å². The smallest absolute Gasteiger partial charge is 0.237 e. The van der Waals surface area contributed by atoms with Gasteiger partial charge < -0.3 is 11.1 Å². The third kappa shape index (κ3) is 4.51. The maximum absolute atomic E-state index is 12.0. The van der Waals surface area contributed by atoms with Gasteiger partial charge in [0, 0.05) is 12.1 Å². The van der Waals surface area contributed by atoms with Crippen molar-refractivity contribution >= 4 is 18.3 Å². The van der Waals surface area contributed by atoms with E-state index in [1.165, 1.54) is 0 Å². The van der Waals surface area contributed by atoms with E-state index in [1.54, 1.807) is 0 Å². The summed E-state index contributed by atoms with van der Waals surface area (Å²) >= 11 is 0. The van der Waals surface area contributed by atoms with Gasteiger partial charge in [-0.15, -0.1) is 22.6 Å². The molecule has 0 fully saturated rings. The lowest BCUT2D eigenvalue weighted by molar-refractivity contribution is -0.123. The molecule has 0 saturated carbocycles. The number of rotatable bonds is 6. The molecule has 120 valence electrons. The van der Waals surface area contributed by atoms with Crippen molar-refractivity contribution in [2.24, 2.45) is 11.7 Å². The highest BCUT2D eigenvalue weighted by Crippen LogP contribution is 2.15. The van der Waals surface area contributed by atoms with Crippen LogP contribution in [0.25, 0.3) is 11.4 Å². The molecule has 7 nitrogen and oxygen atoms in total. The predicted octanol–water partition coefficient (Wildman–Crippen LogP) is 1.28. The van der Waals surface area contributed by atoms with Gasteiger partial charge in [-0.05, 0) is 22.8 Å². The Morgan fingerprint density at radius 1 is 1.45 bits per heavy atom. The first-order valence-corrected chi connectivity index (χ1v) is 6.98. The van der Waals surface area contributed by atoms with Crippen LogP contribution in [0.1, 0.15) is 25.8 Å². The molecule has 1 amide bonds. The number of carbonyl (C=O) groups excluding carboxylic acids is 1. The van der Waals surface area contributed by atoms with Crippen LogP contribution in [-0.2, 0) is 11.3 Å². The molecule has 22 heavy (non-hydrogen) atoms. The van der Waals surface area contributed by atoms with Crippen molar-refractivity contribution in [2.75, 3.05) is 0 Å². The number of nitrogens with zero attached hydrogens (tertiary/aromatic N) is 3. The fourth-order valence-corrected chi connectivity index (χ4v) is 1.92. The number of hydrogen-bond acceptors (Lipinski definition) is 5. The molecule has 2 aromatic rings. The summed E-state index contributed by atoms with van der Waals surface area (Å²) in [6.45, 7) is 4.42. The van der Waals surface area contributed by atoms with Gasteiger partial charge in [-0.1, -0.05) is 38.5 Å². The van der Waals surface area contributed by atoms with E-state index >= 15 is 0 Å². The van der Waals surface area contributed by atoms with Gasteiger partial charge in [-0.3, -0.25) is 4.79 Å². The molecule has 8 heteroatoms. The van der Waals surface area contributed by atoms with E-state index in [2.05, 4.69) is 25.9 Å². The molecule has 0 aliphatic carbocycles. The first-order valence-electron chi connectivity index (χ1n) is 6.98. The molecule has 0 unspecified atom stereocenters. The highest BCUT2D eigenvalue weighted by atomic mass is 35.5. The van der Waals surface area contributed by atoms with Gasteiger partial charge in [-0.2, -0.15) is 5.21 Å². The van der Waals surface area contributed by atoms with Crippen molar-refractivity contribution in [1.29, 1.82) is 0 Å². The Labute approximate surface area is 135 Å². The van der Waals surface area contributed by atoms with Crippen LogP contribution in [0.2, 0.25) is 0 Å². The first kappa shape index (κ1) is 18.1. The Morgan fingerprint density at radius 2 is 2.23 bits per heavy atom. The second-order valence-electron chi connectivity index (χ2n) is 5.06. The second-order valence-corrected chi connectivity index (χ2v) is 5.06. The number of tetrazole rings is 1. The number of nitrogens with two attached hydrogens (primary N) is 1. The van der Waals surface area contributed by atoms with Crippen LogP contribution in [0.5, 0.6) is 0 Å². The number of H-pyrrole nitrogens is 1. The second kappa shape index (κ2) is 8.45. The predicted molar refractivity (Wildman–Crippen MR) is 86.1 cm³/mol. The first-order chi connectivity index (χ1) is 10.1. The van der Waals surface area contributed by atoms with Crippen LogP contribution < -0.4 is 11.1 Å². The third-order valence-electron chi connectivity index (χ3n) is 3.56. The summed E-state index contributed by atoms with van der Waals surface area (Å²) < 4.78 is 0. The normalized spacial score (nSPS) is 13.0. The van der Waals surface area contributed by atoms with Crippen LogP contribution in [-0.4, -0.2) is 32.6 Å². The fourth-order valence-electron chi connectivity index (χ4n) is 1.92. The van der Waals surface area contributed by atoms with Gasteiger partial charge in [0.1, 0.15) is 0 Å². The average molecular weight is 325 g/mol. The van der Waals surface area contributed by atoms with Gasteiger partial charge in [0.15, 0.2) is 0 Å². The molecule has 1 heterocycles. The van der Waals surface area contributed by atoms with E-state index in [1.807, 2.05) is 38.1 Å². The largest absolute Gasteiger partial charge is 0.351 e. The van der Waals surface area contributed by atoms with Gasteiger partial charge in [0.2, 0.25) is 11.7 Å². The molecule has 0 aliphatic rings. The van der Waals surface area contributed by atoms with Crippen LogP contribution >= 0.6 is 12.4 Å². The van der Waals surface area contributed by atoms with Crippen molar-refractivity contribution in [3.05, 3.63) is 29.8 Å². The maximum Gasteiger partial charge on any atom is 0.237 e. The lowest BCUT2D eigenvalue weighted by Crippen LogP contribution is -2.44. The lowest BCUT2D eigenvalue weighted by Gasteiger charge is -2.17. The highest BCUT2D eigenvalue weighted by Gasteiger charge is 2.18. The zero-order valence-corrected chi connectivity index (χ0v) is 13.4. The topological polar surface area (TPSA) is 110 Å². The number of hydrogen-bond donors (Lipinski definition) is 3. The molecule has 1 aromatic heterocycles. The molecule has 2 atom stereocenters. The number of carbonyl (C=O) groups is 1. The zero-order valence-electron chi connectivity index (χ0n) is 12.6. The van der Waals surface area contributed by atoms with Gasteiger partial charge in [-0.25, -0.2) is 0 Å². The average Bonchev–Trinajstić information content (AvgIpc) is 3.05. The highest BCUT2D eigenvalue weighted by molar-refractivity contribution is 5.85. The van der Waals surface area contributed by atoms with E-state index < -0.39 is 6.04 Å². The molecular formula is C14H21ClN6O. The van der Waals surface area contributed by atoms with Gasteiger partial charge >= 0.3 is 0 Å². The van der Waals surface area contributed by atoms with E-state index in [9.17, 15) is 4.79 Å². The van der Waals surface area contributed by atoms with Crippen molar-refractivity contribution < 1.29 is 4.79 Å². The SMILES string of the molecule is CC[C@H](C)[C@H](N)C(=O)NCc1cccc(-c2nn[nH]n2)c1.Cl. The van der Waals surface area contributed by atoms with E-state index in [0.29, 0.717) is 12.4 Å². The number of nitrogens with one attached hydrogen (secondary N) is 2. The minimum absolute atomic E-state index is 0. The minimum atomic E-state index is -0.476. The molecular weight excluding hydrogens is 304 g/mol. The summed E-state index contributed by atoms with van der Waals surface area (Å²) in [7, 11) is 0. The summed E-state index contributed by atoms with van der Waals surface area (Å²) in [6, 6.07) is 7.15. The Balaban J connectivity index is 0.00000242. The van der Waals surface area contributed by atoms with Crippen LogP contribution in [0, 0.1) is 5.92 Å². The summed E-state index contributed by atoms with van der Waals surface area (Å²) in [4.78, 5) is 12.0. The van der Waals surface area contributed by atoms with Crippen molar-refractivity contribution in [3.63, 3.8) is 0 Å². The standard InChI is InChI=1S/C14H20N6O.ClH/c1-3-9(2)12(15)14(21)16-8-10-5-4-6-11(7-10)13-17-19-20-18-13;/h4-7,9,12H,3,8,15H2,1-2H3,(H,16,21)(H,17,18,19,20);1H/t9-,12-;/m0./s1. The number of benzene rings is 1. The molecule has 0 saturated heterocycles. The minimum Gasteiger partial charge on any atom is -0.351 e. The molecule has 2 rings (SSSR count). The maximum atomic E-state index is 12.0. The lowest BCUT2D eigenvalue weighted by atomic mass is 9.99. The molecule has 1 aromatic carbocycles. The van der Waals surface area contributed by atoms with Crippen LogP contribution in [0.4, 0.5) is 0 Å². The number of amides is 1. The molecule has 0 spiro atoms. The van der Waals surface area contributed by atoms with Crippen LogP contribution in [0.3, 0.4) is 0 Å². The van der Waals surface area contributed by atoms with Crippen molar-refractivity contribution in [2.45, 2.75) is 32.9 Å². The van der Waals surface area contributed by atoms with E-state index in [4.69, 9.17) is 5.73 Å². The Hall–Kier alpha value is -1.99. The summed E-state index contributed by atoms with van der Waals surface area (Å²) in [6.07, 6.45) is 0.877. The Kier molecular flexibility index (Phi) is 6.94. The molecule has 4 N–H and O–H groups in total. The van der Waals surface area contributed by atoms with Gasteiger partial charge in [0.05, 0.1) is 6.04 Å². The summed E-state index contributed by atoms with van der Waals surface area (Å²) in [5.74, 6) is 0.560. The Bertz CT molecular complexity index is 589. The van der Waals surface area contributed by atoms with E-state index in [0.717, 1.165) is 17.5 Å². The quantitative estimate of drug-likeness (QED) is 0.741. The number of aromatic amines is 1. The Morgan fingerprint density at radius 3 is 2.86 bits per heavy atom. The molecule has 0 radical (unpaired) electrons. The number of halogens is 1. The fraction of sp³-hybridized carbons (Fsp3) is 0.429. The van der Waals surface area contributed by atoms with Crippen molar-refractivity contribution in [1.82, 2.24) is 25.9 Å². The monoisotopic (exact) mass is 324 g/mol. The zero-order chi connectivity index (χ0) is 15.2. The summed E-state index contributed by atoms with van der Waals surface area (Å²) in [5.41, 5.74) is 7.71. The van der Waals surface area contributed by atoms with Crippen LogP contribution in [0.15, 0.2) is 24.3 Å². The molecule has 0 bridgehead atoms. The van der Waals surface area contributed by atoms with Crippen molar-refractivity contribution in [3.8, 4) is 11.4 Å². The summed E-state index contributed by atoms with van der Waals surface area (Å²) in [5, 5.41) is 16.7. The number of aromatic nitrogens is 4. The van der Waals surface area contributed by atoms with E-state index in [-0.39, 0.29) is 24.2 Å².